The number of carbonyl (C=O) groups is 1. The molecule has 0 aliphatic carbocycles. The predicted molar refractivity (Wildman–Crippen MR) is 126 cm³/mol. The van der Waals surface area contributed by atoms with E-state index in [1.165, 1.54) is 17.5 Å². The molecule has 2 aromatic rings. The quantitative estimate of drug-likeness (QED) is 0.531. The first-order valence-electron chi connectivity index (χ1n) is 10.8. The Bertz CT molecular complexity index is 935. The second kappa shape index (κ2) is 10.6. The summed E-state index contributed by atoms with van der Waals surface area (Å²) in [6.45, 7) is 8.17. The highest BCUT2D eigenvalue weighted by Crippen LogP contribution is 2.20. The number of piperazine rings is 1. The molecular formula is C25H31N5O. The first-order valence-corrected chi connectivity index (χ1v) is 10.8. The first kappa shape index (κ1) is 22.4. The van der Waals surface area contributed by atoms with Crippen molar-refractivity contribution in [1.82, 2.24) is 10.2 Å². The number of nitriles is 1. The molecule has 1 fully saturated rings. The van der Waals surface area contributed by atoms with Crippen molar-refractivity contribution in [3.05, 3.63) is 71.4 Å². The molecule has 162 valence electrons. The number of carbonyl (C=O) groups excluding carboxylic acids is 1. The van der Waals surface area contributed by atoms with Gasteiger partial charge in [-0.1, -0.05) is 31.2 Å². The zero-order valence-electron chi connectivity index (χ0n) is 18.6. The van der Waals surface area contributed by atoms with Crippen LogP contribution in [0.2, 0.25) is 0 Å². The summed E-state index contributed by atoms with van der Waals surface area (Å²) < 4.78 is 0. The molecule has 2 N–H and O–H groups in total. The highest BCUT2D eigenvalue weighted by molar-refractivity contribution is 5.97. The maximum Gasteiger partial charge on any atom is 0.263 e. The van der Waals surface area contributed by atoms with Crippen LogP contribution in [-0.4, -0.2) is 44.0 Å². The Balaban J connectivity index is 1.58. The van der Waals surface area contributed by atoms with E-state index in [2.05, 4.69) is 58.7 Å². The van der Waals surface area contributed by atoms with Crippen LogP contribution in [0.4, 0.5) is 11.4 Å². The largest absolute Gasteiger partial charge is 0.369 e. The SMILES string of the molecule is CCc1ccc(C(C)NC(=O)/C(C#N)=C\Nc2ccc(N3CCN(C)CC3)cc2)cc1. The molecule has 1 atom stereocenters. The van der Waals surface area contributed by atoms with Crippen LogP contribution in [0.3, 0.4) is 0 Å². The summed E-state index contributed by atoms with van der Waals surface area (Å²) in [5.74, 6) is -0.392. The molecule has 1 saturated heterocycles. The van der Waals surface area contributed by atoms with Gasteiger partial charge in [-0.2, -0.15) is 5.26 Å². The molecule has 0 saturated carbocycles. The zero-order valence-corrected chi connectivity index (χ0v) is 18.6. The molecule has 1 aliphatic rings. The second-order valence-electron chi connectivity index (χ2n) is 7.94. The third-order valence-electron chi connectivity index (χ3n) is 5.72. The summed E-state index contributed by atoms with van der Waals surface area (Å²) in [7, 11) is 2.14. The monoisotopic (exact) mass is 417 g/mol. The summed E-state index contributed by atoms with van der Waals surface area (Å²) in [6, 6.07) is 18.0. The van der Waals surface area contributed by atoms with E-state index >= 15 is 0 Å². The van der Waals surface area contributed by atoms with Gasteiger partial charge in [-0.3, -0.25) is 4.79 Å². The van der Waals surface area contributed by atoms with Crippen LogP contribution in [0, 0.1) is 11.3 Å². The minimum atomic E-state index is -0.392. The van der Waals surface area contributed by atoms with Crippen LogP contribution in [0.15, 0.2) is 60.3 Å². The number of aryl methyl sites for hydroxylation is 1. The van der Waals surface area contributed by atoms with Crippen molar-refractivity contribution in [3.63, 3.8) is 0 Å². The van der Waals surface area contributed by atoms with Crippen LogP contribution in [-0.2, 0) is 11.2 Å². The molecule has 6 heteroatoms. The van der Waals surface area contributed by atoms with E-state index in [4.69, 9.17) is 0 Å². The van der Waals surface area contributed by atoms with Gasteiger partial charge < -0.3 is 20.4 Å². The fourth-order valence-corrected chi connectivity index (χ4v) is 3.54. The number of likely N-dealkylation sites (N-methyl/N-ethyl adjacent to an activating group) is 1. The van der Waals surface area contributed by atoms with Gasteiger partial charge in [-0.25, -0.2) is 0 Å². The second-order valence-corrected chi connectivity index (χ2v) is 7.94. The van der Waals surface area contributed by atoms with Gasteiger partial charge in [0.25, 0.3) is 5.91 Å². The van der Waals surface area contributed by atoms with Crippen molar-refractivity contribution < 1.29 is 4.79 Å². The Labute approximate surface area is 185 Å². The van der Waals surface area contributed by atoms with Gasteiger partial charge in [0.1, 0.15) is 11.6 Å². The van der Waals surface area contributed by atoms with Gasteiger partial charge in [-0.05, 0) is 55.8 Å². The van der Waals surface area contributed by atoms with Gasteiger partial charge in [0, 0.05) is 43.8 Å². The van der Waals surface area contributed by atoms with Crippen molar-refractivity contribution in [1.29, 1.82) is 5.26 Å². The lowest BCUT2D eigenvalue weighted by Gasteiger charge is -2.34. The summed E-state index contributed by atoms with van der Waals surface area (Å²) in [4.78, 5) is 17.2. The normalized spacial score (nSPS) is 15.8. The maximum absolute atomic E-state index is 12.5. The summed E-state index contributed by atoms with van der Waals surface area (Å²) >= 11 is 0. The van der Waals surface area contributed by atoms with Gasteiger partial charge in [0.05, 0.1) is 6.04 Å². The van der Waals surface area contributed by atoms with Crippen LogP contribution < -0.4 is 15.5 Å². The molecule has 1 heterocycles. The van der Waals surface area contributed by atoms with E-state index in [0.717, 1.165) is 43.9 Å². The summed E-state index contributed by atoms with van der Waals surface area (Å²) in [5, 5.41) is 15.4. The van der Waals surface area contributed by atoms with E-state index in [1.807, 2.05) is 37.3 Å². The number of hydrogen-bond donors (Lipinski definition) is 2. The van der Waals surface area contributed by atoms with E-state index in [1.54, 1.807) is 0 Å². The Morgan fingerprint density at radius 2 is 1.74 bits per heavy atom. The lowest BCUT2D eigenvalue weighted by Crippen LogP contribution is -2.44. The predicted octanol–water partition coefficient (Wildman–Crippen LogP) is 3.70. The first-order chi connectivity index (χ1) is 15.0. The topological polar surface area (TPSA) is 71.4 Å². The van der Waals surface area contributed by atoms with E-state index in [9.17, 15) is 10.1 Å². The van der Waals surface area contributed by atoms with Gasteiger partial charge >= 0.3 is 0 Å². The highest BCUT2D eigenvalue weighted by Gasteiger charge is 2.15. The number of amides is 1. The number of rotatable bonds is 7. The van der Waals surface area contributed by atoms with Gasteiger partial charge in [-0.15, -0.1) is 0 Å². The van der Waals surface area contributed by atoms with Crippen LogP contribution in [0.25, 0.3) is 0 Å². The minimum absolute atomic E-state index is 0.0418. The Hall–Kier alpha value is -3.30. The van der Waals surface area contributed by atoms with E-state index in [-0.39, 0.29) is 11.6 Å². The lowest BCUT2D eigenvalue weighted by atomic mass is 10.0. The molecule has 0 spiro atoms. The maximum atomic E-state index is 12.5. The molecule has 0 bridgehead atoms. The molecule has 3 rings (SSSR count). The fourth-order valence-electron chi connectivity index (χ4n) is 3.54. The van der Waals surface area contributed by atoms with Crippen molar-refractivity contribution in [3.8, 4) is 6.07 Å². The minimum Gasteiger partial charge on any atom is -0.369 e. The number of anilines is 2. The van der Waals surface area contributed by atoms with Crippen molar-refractivity contribution >= 4 is 17.3 Å². The Morgan fingerprint density at radius 1 is 1.10 bits per heavy atom. The third kappa shape index (κ3) is 6.09. The van der Waals surface area contributed by atoms with Gasteiger partial charge in [0.15, 0.2) is 0 Å². The van der Waals surface area contributed by atoms with Crippen LogP contribution >= 0.6 is 0 Å². The fraction of sp³-hybridized carbons (Fsp3) is 0.360. The van der Waals surface area contributed by atoms with Crippen molar-refractivity contribution in [2.75, 3.05) is 43.4 Å². The van der Waals surface area contributed by atoms with E-state index < -0.39 is 5.91 Å². The average molecular weight is 418 g/mol. The van der Waals surface area contributed by atoms with Crippen molar-refractivity contribution in [2.45, 2.75) is 26.3 Å². The summed E-state index contributed by atoms with van der Waals surface area (Å²) in [5.41, 5.74) is 4.32. The highest BCUT2D eigenvalue weighted by atomic mass is 16.1. The molecule has 1 aliphatic heterocycles. The standard InChI is InChI=1S/C25H31N5O/c1-4-20-5-7-21(8-6-20)19(2)28-25(31)22(17-26)18-27-23-9-11-24(12-10-23)30-15-13-29(3)14-16-30/h5-12,18-19,27H,4,13-16H2,1-3H3,(H,28,31)/b22-18-. The molecule has 1 unspecified atom stereocenters. The average Bonchev–Trinajstić information content (AvgIpc) is 2.80. The molecular weight excluding hydrogens is 386 g/mol. The number of hydrogen-bond acceptors (Lipinski definition) is 5. The number of nitrogens with zero attached hydrogens (tertiary/aromatic N) is 3. The molecule has 6 nitrogen and oxygen atoms in total. The smallest absolute Gasteiger partial charge is 0.263 e. The van der Waals surface area contributed by atoms with Gasteiger partial charge in [0.2, 0.25) is 0 Å². The number of benzene rings is 2. The molecule has 0 aromatic heterocycles. The molecule has 1 amide bonds. The Morgan fingerprint density at radius 3 is 2.32 bits per heavy atom. The van der Waals surface area contributed by atoms with Crippen molar-refractivity contribution in [2.24, 2.45) is 0 Å². The Kier molecular flexibility index (Phi) is 7.69. The molecule has 0 radical (unpaired) electrons. The number of nitrogens with one attached hydrogen (secondary N) is 2. The zero-order chi connectivity index (χ0) is 22.2. The molecule has 2 aromatic carbocycles. The summed E-state index contributed by atoms with van der Waals surface area (Å²) in [6.07, 6.45) is 2.44. The third-order valence-corrected chi connectivity index (χ3v) is 5.72. The molecule has 31 heavy (non-hydrogen) atoms. The van der Waals surface area contributed by atoms with Crippen LogP contribution in [0.5, 0.6) is 0 Å². The van der Waals surface area contributed by atoms with Crippen LogP contribution in [0.1, 0.15) is 31.0 Å². The lowest BCUT2D eigenvalue weighted by molar-refractivity contribution is -0.117. The van der Waals surface area contributed by atoms with E-state index in [0.29, 0.717) is 0 Å².